The molecule has 0 unspecified atom stereocenters. The molecule has 1 saturated heterocycles. The van der Waals surface area contributed by atoms with E-state index < -0.39 is 0 Å². The molecular formula is C10H22N4O. The van der Waals surface area contributed by atoms with Gasteiger partial charge in [-0.2, -0.15) is 0 Å². The minimum absolute atomic E-state index is 0.273. The molecule has 0 spiro atoms. The van der Waals surface area contributed by atoms with Crippen molar-refractivity contribution in [3.63, 3.8) is 0 Å². The van der Waals surface area contributed by atoms with Crippen LogP contribution in [0.3, 0.4) is 0 Å². The Morgan fingerprint density at radius 2 is 1.93 bits per heavy atom. The number of carbonyl (C=O) groups is 1. The van der Waals surface area contributed by atoms with E-state index in [1.165, 1.54) is 12.8 Å². The summed E-state index contributed by atoms with van der Waals surface area (Å²) in [6.07, 6.45) is 2.53. The molecule has 5 heteroatoms. The van der Waals surface area contributed by atoms with Crippen molar-refractivity contribution in [2.45, 2.75) is 12.8 Å². The number of amides is 1. The molecule has 0 atom stereocenters. The zero-order valence-corrected chi connectivity index (χ0v) is 9.22. The minimum atomic E-state index is -0.298. The van der Waals surface area contributed by atoms with E-state index in [0.717, 1.165) is 38.6 Å². The molecular weight excluding hydrogens is 192 g/mol. The van der Waals surface area contributed by atoms with Crippen molar-refractivity contribution in [3.05, 3.63) is 0 Å². The molecule has 1 fully saturated rings. The number of rotatable bonds is 7. The van der Waals surface area contributed by atoms with E-state index in [2.05, 4.69) is 16.0 Å². The van der Waals surface area contributed by atoms with Gasteiger partial charge in [-0.3, -0.25) is 4.79 Å². The fourth-order valence-electron chi connectivity index (χ4n) is 1.78. The third kappa shape index (κ3) is 6.43. The van der Waals surface area contributed by atoms with Crippen LogP contribution in [0.15, 0.2) is 0 Å². The van der Waals surface area contributed by atoms with Gasteiger partial charge in [0.05, 0.1) is 6.54 Å². The first-order chi connectivity index (χ1) is 7.29. The number of hydrogen-bond donors (Lipinski definition) is 4. The van der Waals surface area contributed by atoms with Crippen molar-refractivity contribution in [2.24, 2.45) is 11.7 Å². The molecule has 0 aromatic heterocycles. The van der Waals surface area contributed by atoms with Gasteiger partial charge in [0.2, 0.25) is 5.91 Å². The fraction of sp³-hybridized carbons (Fsp3) is 0.900. The van der Waals surface area contributed by atoms with Crippen LogP contribution in [0.5, 0.6) is 0 Å². The van der Waals surface area contributed by atoms with Crippen molar-refractivity contribution in [1.82, 2.24) is 16.0 Å². The first-order valence-corrected chi connectivity index (χ1v) is 5.69. The molecule has 15 heavy (non-hydrogen) atoms. The Morgan fingerprint density at radius 1 is 1.27 bits per heavy atom. The van der Waals surface area contributed by atoms with E-state index in [1.54, 1.807) is 0 Å². The van der Waals surface area contributed by atoms with Gasteiger partial charge in [-0.25, -0.2) is 0 Å². The lowest BCUT2D eigenvalue weighted by Gasteiger charge is -2.22. The average Bonchev–Trinajstić information content (AvgIpc) is 2.24. The summed E-state index contributed by atoms with van der Waals surface area (Å²) in [4.78, 5) is 10.4. The van der Waals surface area contributed by atoms with Gasteiger partial charge in [-0.05, 0) is 38.4 Å². The third-order valence-electron chi connectivity index (χ3n) is 2.67. The number of piperidine rings is 1. The zero-order valence-electron chi connectivity index (χ0n) is 9.22. The predicted molar refractivity (Wildman–Crippen MR) is 60.5 cm³/mol. The van der Waals surface area contributed by atoms with E-state index in [9.17, 15) is 4.79 Å². The van der Waals surface area contributed by atoms with Gasteiger partial charge in [-0.15, -0.1) is 0 Å². The number of hydrogen-bond acceptors (Lipinski definition) is 4. The van der Waals surface area contributed by atoms with Crippen LogP contribution >= 0.6 is 0 Å². The van der Waals surface area contributed by atoms with Crippen LogP contribution in [0, 0.1) is 5.92 Å². The molecule has 5 N–H and O–H groups in total. The van der Waals surface area contributed by atoms with Gasteiger partial charge in [0.15, 0.2) is 0 Å². The first-order valence-electron chi connectivity index (χ1n) is 5.69. The van der Waals surface area contributed by atoms with Gasteiger partial charge in [-0.1, -0.05) is 0 Å². The van der Waals surface area contributed by atoms with E-state index in [-0.39, 0.29) is 12.5 Å². The molecule has 5 nitrogen and oxygen atoms in total. The molecule has 88 valence electrons. The standard InChI is InChI=1S/C10H22N4O/c11-10(15)8-14-6-5-13-7-9-1-3-12-4-2-9/h9,12-14H,1-8H2,(H2,11,15). The van der Waals surface area contributed by atoms with E-state index >= 15 is 0 Å². The van der Waals surface area contributed by atoms with Gasteiger partial charge in [0, 0.05) is 13.1 Å². The molecule has 1 heterocycles. The minimum Gasteiger partial charge on any atom is -0.369 e. The van der Waals surface area contributed by atoms with Crippen molar-refractivity contribution >= 4 is 5.91 Å². The van der Waals surface area contributed by atoms with Gasteiger partial charge in [0.1, 0.15) is 0 Å². The Hall–Kier alpha value is -0.650. The topological polar surface area (TPSA) is 79.2 Å². The summed E-state index contributed by atoms with van der Waals surface area (Å²) in [6.45, 7) is 5.35. The van der Waals surface area contributed by atoms with Gasteiger partial charge < -0.3 is 21.7 Å². The third-order valence-corrected chi connectivity index (χ3v) is 2.67. The lowest BCUT2D eigenvalue weighted by atomic mass is 9.98. The summed E-state index contributed by atoms with van der Waals surface area (Å²) in [7, 11) is 0. The van der Waals surface area contributed by atoms with Crippen molar-refractivity contribution < 1.29 is 4.79 Å². The molecule has 0 bridgehead atoms. The highest BCUT2D eigenvalue weighted by molar-refractivity contribution is 5.75. The van der Waals surface area contributed by atoms with Crippen LogP contribution in [-0.4, -0.2) is 45.2 Å². The SMILES string of the molecule is NC(=O)CNCCNCC1CCNCC1. The Labute approximate surface area is 91.2 Å². The summed E-state index contributed by atoms with van der Waals surface area (Å²) < 4.78 is 0. The highest BCUT2D eigenvalue weighted by Crippen LogP contribution is 2.09. The molecule has 1 rings (SSSR count). The van der Waals surface area contributed by atoms with Crippen LogP contribution in [0.1, 0.15) is 12.8 Å². The summed E-state index contributed by atoms with van der Waals surface area (Å²) in [5, 5.41) is 9.71. The smallest absolute Gasteiger partial charge is 0.231 e. The fourth-order valence-corrected chi connectivity index (χ4v) is 1.78. The number of primary amides is 1. The van der Waals surface area contributed by atoms with Crippen molar-refractivity contribution in [3.8, 4) is 0 Å². The van der Waals surface area contributed by atoms with Gasteiger partial charge >= 0.3 is 0 Å². The molecule has 1 aliphatic heterocycles. The Morgan fingerprint density at radius 3 is 2.60 bits per heavy atom. The van der Waals surface area contributed by atoms with Crippen LogP contribution in [0.4, 0.5) is 0 Å². The summed E-state index contributed by atoms with van der Waals surface area (Å²) >= 11 is 0. The molecule has 0 aromatic rings. The van der Waals surface area contributed by atoms with Crippen LogP contribution in [0.25, 0.3) is 0 Å². The second-order valence-corrected chi connectivity index (χ2v) is 4.04. The molecule has 1 aliphatic rings. The Balaban J connectivity index is 1.85. The predicted octanol–water partition coefficient (Wildman–Crippen LogP) is -1.35. The highest BCUT2D eigenvalue weighted by Gasteiger charge is 2.11. The summed E-state index contributed by atoms with van der Waals surface area (Å²) in [5.74, 6) is 0.510. The van der Waals surface area contributed by atoms with E-state index in [0.29, 0.717) is 0 Å². The monoisotopic (exact) mass is 214 g/mol. The highest BCUT2D eigenvalue weighted by atomic mass is 16.1. The Bertz CT molecular complexity index is 180. The maximum Gasteiger partial charge on any atom is 0.231 e. The number of nitrogens with two attached hydrogens (primary N) is 1. The van der Waals surface area contributed by atoms with Gasteiger partial charge in [0.25, 0.3) is 0 Å². The van der Waals surface area contributed by atoms with Crippen LogP contribution in [0.2, 0.25) is 0 Å². The molecule has 0 saturated carbocycles. The molecule has 1 amide bonds. The summed E-state index contributed by atoms with van der Waals surface area (Å²) in [6, 6.07) is 0. The molecule has 0 radical (unpaired) electrons. The van der Waals surface area contributed by atoms with Crippen molar-refractivity contribution in [2.75, 3.05) is 39.3 Å². The first kappa shape index (κ1) is 12.4. The Kier molecular flexibility index (Phi) is 6.31. The van der Waals surface area contributed by atoms with E-state index in [1.807, 2.05) is 0 Å². The second-order valence-electron chi connectivity index (χ2n) is 4.04. The normalized spacial score (nSPS) is 17.9. The molecule has 0 aromatic carbocycles. The molecule has 0 aliphatic carbocycles. The lowest BCUT2D eigenvalue weighted by molar-refractivity contribution is -0.117. The van der Waals surface area contributed by atoms with E-state index in [4.69, 9.17) is 5.73 Å². The average molecular weight is 214 g/mol. The number of nitrogens with one attached hydrogen (secondary N) is 3. The van der Waals surface area contributed by atoms with Crippen molar-refractivity contribution in [1.29, 1.82) is 0 Å². The number of carbonyl (C=O) groups excluding carboxylic acids is 1. The quantitative estimate of drug-likeness (QED) is 0.395. The van der Waals surface area contributed by atoms with Crippen LogP contribution < -0.4 is 21.7 Å². The second kappa shape index (κ2) is 7.62. The maximum atomic E-state index is 10.4. The summed E-state index contributed by atoms with van der Waals surface area (Å²) in [5.41, 5.74) is 5.00. The largest absolute Gasteiger partial charge is 0.369 e. The zero-order chi connectivity index (χ0) is 10.9. The lowest BCUT2D eigenvalue weighted by Crippen LogP contribution is -2.37. The maximum absolute atomic E-state index is 10.4. The van der Waals surface area contributed by atoms with Crippen LogP contribution in [-0.2, 0) is 4.79 Å².